The fourth-order valence-corrected chi connectivity index (χ4v) is 1.76. The highest BCUT2D eigenvalue weighted by molar-refractivity contribution is 9.10. The number of hydrogen-bond acceptors (Lipinski definition) is 3. The minimum absolute atomic E-state index is 0.0975. The van der Waals surface area contributed by atoms with Gasteiger partial charge in [0.15, 0.2) is 0 Å². The lowest BCUT2D eigenvalue weighted by Gasteiger charge is -2.14. The van der Waals surface area contributed by atoms with Crippen LogP contribution in [0.2, 0.25) is 0 Å². The summed E-state index contributed by atoms with van der Waals surface area (Å²) in [6.45, 7) is 1.49. The van der Waals surface area contributed by atoms with Gasteiger partial charge >= 0.3 is 11.8 Å². The lowest BCUT2D eigenvalue weighted by Crippen LogP contribution is -2.43. The predicted octanol–water partition coefficient (Wildman–Crippen LogP) is 1.41. The summed E-state index contributed by atoms with van der Waals surface area (Å²) in [6, 6.07) is 3.68. The Morgan fingerprint density at radius 2 is 2.11 bits per heavy atom. The first-order valence-electron chi connectivity index (χ1n) is 5.66. The number of nitrogens with one attached hydrogen (secondary N) is 2. The molecule has 1 unspecified atom stereocenters. The monoisotopic (exact) mass is 332 g/mol. The van der Waals surface area contributed by atoms with Crippen molar-refractivity contribution in [3.63, 3.8) is 0 Å². The fourth-order valence-electron chi connectivity index (χ4n) is 1.32. The largest absolute Gasteiger partial charge is 0.394 e. The van der Waals surface area contributed by atoms with Crippen LogP contribution >= 0.6 is 15.9 Å². The second kappa shape index (κ2) is 7.20. The van der Waals surface area contributed by atoms with Gasteiger partial charge in [0, 0.05) is 4.47 Å². The van der Waals surface area contributed by atoms with Crippen molar-refractivity contribution in [1.82, 2.24) is 5.32 Å². The molecule has 0 bridgehead atoms. The Morgan fingerprint density at radius 1 is 1.42 bits per heavy atom. The number of hydrogen-bond donors (Lipinski definition) is 3. The molecule has 104 valence electrons. The SMILES string of the molecule is CCC(CO)NC(=O)C(=O)Nc1c(F)cccc1Br. The Labute approximate surface area is 118 Å². The number of halogens is 2. The molecule has 0 aliphatic rings. The first-order chi connectivity index (χ1) is 8.99. The number of carbonyl (C=O) groups is 2. The van der Waals surface area contributed by atoms with Crippen molar-refractivity contribution in [1.29, 1.82) is 0 Å². The van der Waals surface area contributed by atoms with Crippen LogP contribution in [0.15, 0.2) is 22.7 Å². The van der Waals surface area contributed by atoms with Crippen LogP contribution in [0.25, 0.3) is 0 Å². The number of aliphatic hydroxyl groups is 1. The van der Waals surface area contributed by atoms with Crippen LogP contribution in [0.1, 0.15) is 13.3 Å². The third-order valence-electron chi connectivity index (χ3n) is 2.46. The van der Waals surface area contributed by atoms with Gasteiger partial charge in [0.25, 0.3) is 0 Å². The van der Waals surface area contributed by atoms with Crippen molar-refractivity contribution < 1.29 is 19.1 Å². The van der Waals surface area contributed by atoms with Gasteiger partial charge in [0.2, 0.25) is 0 Å². The Hall–Kier alpha value is -1.47. The van der Waals surface area contributed by atoms with Crippen LogP contribution in [0.3, 0.4) is 0 Å². The zero-order valence-corrected chi connectivity index (χ0v) is 11.8. The molecule has 1 aromatic carbocycles. The number of para-hydroxylation sites is 1. The van der Waals surface area contributed by atoms with Gasteiger partial charge in [-0.3, -0.25) is 9.59 Å². The molecule has 5 nitrogen and oxygen atoms in total. The molecule has 0 saturated heterocycles. The van der Waals surface area contributed by atoms with Crippen LogP contribution < -0.4 is 10.6 Å². The Morgan fingerprint density at radius 3 is 2.63 bits per heavy atom. The normalized spacial score (nSPS) is 11.8. The number of anilines is 1. The summed E-state index contributed by atoms with van der Waals surface area (Å²) in [4.78, 5) is 23.1. The van der Waals surface area contributed by atoms with Crippen LogP contribution in [0, 0.1) is 5.82 Å². The summed E-state index contributed by atoms with van der Waals surface area (Å²) in [7, 11) is 0. The molecule has 7 heteroatoms. The van der Waals surface area contributed by atoms with E-state index in [2.05, 4.69) is 26.6 Å². The molecule has 1 rings (SSSR count). The van der Waals surface area contributed by atoms with E-state index in [-0.39, 0.29) is 12.3 Å². The smallest absolute Gasteiger partial charge is 0.313 e. The number of rotatable bonds is 4. The van der Waals surface area contributed by atoms with Crippen molar-refractivity contribution in [2.75, 3.05) is 11.9 Å². The summed E-state index contributed by atoms with van der Waals surface area (Å²) in [5, 5.41) is 13.4. The molecule has 19 heavy (non-hydrogen) atoms. The Kier molecular flexibility index (Phi) is 5.91. The molecule has 0 radical (unpaired) electrons. The summed E-state index contributed by atoms with van der Waals surface area (Å²) >= 11 is 3.08. The van der Waals surface area contributed by atoms with E-state index in [0.717, 1.165) is 0 Å². The standard InChI is InChI=1S/C12H14BrFN2O3/c1-2-7(6-17)15-11(18)12(19)16-10-8(13)4-3-5-9(10)14/h3-5,7,17H,2,6H2,1H3,(H,15,18)(H,16,19). The molecule has 1 aromatic rings. The first-order valence-corrected chi connectivity index (χ1v) is 6.45. The molecule has 1 atom stereocenters. The van der Waals surface area contributed by atoms with E-state index in [4.69, 9.17) is 5.11 Å². The molecule has 2 amide bonds. The van der Waals surface area contributed by atoms with E-state index in [9.17, 15) is 14.0 Å². The summed E-state index contributed by atoms with van der Waals surface area (Å²) < 4.78 is 13.8. The Balaban J connectivity index is 2.72. The van der Waals surface area contributed by atoms with Crippen LogP contribution in [-0.4, -0.2) is 29.6 Å². The molecule has 0 aliphatic heterocycles. The second-order valence-corrected chi connectivity index (χ2v) is 4.67. The lowest BCUT2D eigenvalue weighted by atomic mass is 10.2. The zero-order valence-electron chi connectivity index (χ0n) is 10.2. The molecule has 0 fully saturated rings. The molecule has 3 N–H and O–H groups in total. The van der Waals surface area contributed by atoms with Gasteiger partial charge in [0.05, 0.1) is 18.3 Å². The topological polar surface area (TPSA) is 78.4 Å². The van der Waals surface area contributed by atoms with Gasteiger partial charge in [-0.25, -0.2) is 4.39 Å². The van der Waals surface area contributed by atoms with Gasteiger partial charge in [-0.05, 0) is 34.5 Å². The maximum Gasteiger partial charge on any atom is 0.313 e. The van der Waals surface area contributed by atoms with Gasteiger partial charge in [0.1, 0.15) is 5.82 Å². The van der Waals surface area contributed by atoms with E-state index in [1.165, 1.54) is 12.1 Å². The van der Waals surface area contributed by atoms with Crippen molar-refractivity contribution >= 4 is 33.4 Å². The number of carbonyl (C=O) groups excluding carboxylic acids is 2. The highest BCUT2D eigenvalue weighted by Gasteiger charge is 2.19. The average Bonchev–Trinajstić information content (AvgIpc) is 2.39. The van der Waals surface area contributed by atoms with Crippen molar-refractivity contribution in [2.45, 2.75) is 19.4 Å². The predicted molar refractivity (Wildman–Crippen MR) is 72.0 cm³/mol. The van der Waals surface area contributed by atoms with Crippen LogP contribution in [0.4, 0.5) is 10.1 Å². The van der Waals surface area contributed by atoms with Crippen molar-refractivity contribution in [3.8, 4) is 0 Å². The first kappa shape index (κ1) is 15.6. The molecule has 0 aliphatic carbocycles. The molecule has 0 aromatic heterocycles. The Bertz CT molecular complexity index is 458. The summed E-state index contributed by atoms with van der Waals surface area (Å²) in [5.41, 5.74) is -0.0975. The lowest BCUT2D eigenvalue weighted by molar-refractivity contribution is -0.136. The fraction of sp³-hybridized carbons (Fsp3) is 0.333. The number of benzene rings is 1. The maximum atomic E-state index is 13.5. The van der Waals surface area contributed by atoms with E-state index < -0.39 is 23.7 Å². The zero-order chi connectivity index (χ0) is 14.4. The molecular weight excluding hydrogens is 319 g/mol. The number of amides is 2. The summed E-state index contributed by atoms with van der Waals surface area (Å²) in [5.74, 6) is -2.56. The maximum absolute atomic E-state index is 13.5. The second-order valence-electron chi connectivity index (χ2n) is 3.81. The summed E-state index contributed by atoms with van der Waals surface area (Å²) in [6.07, 6.45) is 0.485. The van der Waals surface area contributed by atoms with E-state index in [0.29, 0.717) is 10.9 Å². The van der Waals surface area contributed by atoms with Crippen molar-refractivity contribution in [3.05, 3.63) is 28.5 Å². The molecule has 0 saturated carbocycles. The minimum atomic E-state index is -0.988. The quantitative estimate of drug-likeness (QED) is 0.729. The highest BCUT2D eigenvalue weighted by atomic mass is 79.9. The van der Waals surface area contributed by atoms with Crippen LogP contribution in [-0.2, 0) is 9.59 Å². The molecule has 0 heterocycles. The van der Waals surface area contributed by atoms with Crippen molar-refractivity contribution in [2.24, 2.45) is 0 Å². The van der Waals surface area contributed by atoms with Gasteiger partial charge < -0.3 is 15.7 Å². The van der Waals surface area contributed by atoms with Crippen LogP contribution in [0.5, 0.6) is 0 Å². The average molecular weight is 333 g/mol. The molecular formula is C12H14BrFN2O3. The van der Waals surface area contributed by atoms with Gasteiger partial charge in [-0.1, -0.05) is 13.0 Å². The molecule has 0 spiro atoms. The van der Waals surface area contributed by atoms with Gasteiger partial charge in [-0.15, -0.1) is 0 Å². The third-order valence-corrected chi connectivity index (χ3v) is 3.12. The van der Waals surface area contributed by atoms with E-state index in [1.54, 1.807) is 13.0 Å². The van der Waals surface area contributed by atoms with E-state index >= 15 is 0 Å². The third kappa shape index (κ3) is 4.29. The van der Waals surface area contributed by atoms with E-state index in [1.807, 2.05) is 0 Å². The minimum Gasteiger partial charge on any atom is -0.394 e. The highest BCUT2D eigenvalue weighted by Crippen LogP contribution is 2.24. The number of aliphatic hydroxyl groups excluding tert-OH is 1. The van der Waals surface area contributed by atoms with Gasteiger partial charge in [-0.2, -0.15) is 0 Å².